The van der Waals surface area contributed by atoms with Crippen molar-refractivity contribution < 1.29 is 29.4 Å². The van der Waals surface area contributed by atoms with Crippen LogP contribution in [0.5, 0.6) is 0 Å². The van der Waals surface area contributed by atoms with Crippen molar-refractivity contribution in [1.29, 1.82) is 0 Å². The van der Waals surface area contributed by atoms with Gasteiger partial charge in [-0.25, -0.2) is 9.78 Å². The molecule has 0 spiro atoms. The maximum atomic E-state index is 13.2. The third-order valence-corrected chi connectivity index (χ3v) is 5.54. The number of carboxylic acid groups (broad SMARTS) is 1. The van der Waals surface area contributed by atoms with Crippen molar-refractivity contribution in [2.75, 3.05) is 13.1 Å². The van der Waals surface area contributed by atoms with Crippen LogP contribution in [-0.2, 0) is 25.6 Å². The number of carbonyl (C=O) groups is 4. The van der Waals surface area contributed by atoms with Gasteiger partial charge in [-0.1, -0.05) is 0 Å². The molecule has 0 radical (unpaired) electrons. The summed E-state index contributed by atoms with van der Waals surface area (Å²) in [6.07, 6.45) is 3.37. The quantitative estimate of drug-likeness (QED) is 0.0492. The van der Waals surface area contributed by atoms with Gasteiger partial charge < -0.3 is 54.1 Å². The number of H-pyrrole nitrogens is 1. The molecule has 1 rings (SSSR count). The lowest BCUT2D eigenvalue weighted by atomic mass is 10.0. The van der Waals surface area contributed by atoms with E-state index in [-0.39, 0.29) is 31.8 Å². The van der Waals surface area contributed by atoms with Crippen LogP contribution in [0, 0.1) is 0 Å². The normalized spacial score (nSPS) is 14.8. The first-order valence-electron chi connectivity index (χ1n) is 12.3. The Labute approximate surface area is 220 Å². The largest absolute Gasteiger partial charge is 0.480 e. The fraction of sp³-hybridized carbons (Fsp3) is 0.636. The van der Waals surface area contributed by atoms with Gasteiger partial charge in [0.1, 0.15) is 12.1 Å². The first-order chi connectivity index (χ1) is 18.0. The summed E-state index contributed by atoms with van der Waals surface area (Å²) < 4.78 is 0. The number of nitrogens with two attached hydrogens (primary N) is 4. The van der Waals surface area contributed by atoms with Gasteiger partial charge in [-0.05, 0) is 45.6 Å². The molecular formula is C22H40N10O6. The van der Waals surface area contributed by atoms with Crippen molar-refractivity contribution in [2.45, 2.75) is 75.7 Å². The average molecular weight is 541 g/mol. The molecular weight excluding hydrogens is 500 g/mol. The number of nitrogens with one attached hydrogen (secondary N) is 4. The summed E-state index contributed by atoms with van der Waals surface area (Å²) in [5.41, 5.74) is 22.6. The number of aliphatic imine (C=N–C) groups is 1. The van der Waals surface area contributed by atoms with Crippen LogP contribution in [-0.4, -0.2) is 93.2 Å². The molecule has 14 N–H and O–H groups in total. The van der Waals surface area contributed by atoms with E-state index < -0.39 is 54.0 Å². The molecule has 0 aliphatic heterocycles. The van der Waals surface area contributed by atoms with Crippen LogP contribution in [0.3, 0.4) is 0 Å². The highest BCUT2D eigenvalue weighted by Crippen LogP contribution is 2.06. The summed E-state index contributed by atoms with van der Waals surface area (Å²) in [6, 6.07) is -4.81. The van der Waals surface area contributed by atoms with Gasteiger partial charge in [0.05, 0.1) is 18.5 Å². The number of aliphatic hydroxyl groups excluding tert-OH is 1. The minimum atomic E-state index is -1.58. The van der Waals surface area contributed by atoms with E-state index in [0.29, 0.717) is 31.5 Å². The summed E-state index contributed by atoms with van der Waals surface area (Å²) in [6.45, 7) is 1.86. The van der Waals surface area contributed by atoms with Gasteiger partial charge >= 0.3 is 5.97 Å². The number of rotatable bonds is 18. The number of nitrogens with zero attached hydrogens (tertiary/aromatic N) is 2. The standard InChI is InChI=1S/C22H40N10O6/c1-12(33)17(21(37)38)32-19(35)15(6-2-3-7-23)30-20(36)16(9-13-10-27-11-29-13)31-18(34)14(24)5-4-8-28-22(25)26/h10-12,14-17,33H,2-9,23-24H2,1H3,(H,27,29)(H,30,36)(H,31,34)(H,32,35)(H,37,38)(H4,25,26,28). The molecule has 16 heteroatoms. The topological polar surface area (TPSA) is 290 Å². The number of hydrogen-bond acceptors (Lipinski definition) is 9. The van der Waals surface area contributed by atoms with Gasteiger partial charge in [0.15, 0.2) is 12.0 Å². The second-order valence-electron chi connectivity index (χ2n) is 8.81. The number of carboxylic acids is 1. The zero-order valence-corrected chi connectivity index (χ0v) is 21.4. The predicted molar refractivity (Wildman–Crippen MR) is 138 cm³/mol. The number of aliphatic hydroxyl groups is 1. The molecule has 16 nitrogen and oxygen atoms in total. The molecule has 1 aromatic rings. The SMILES string of the molecule is CC(O)C(NC(=O)C(CCCCN)NC(=O)C(Cc1cnc[nH]1)NC(=O)C(N)CCCN=C(N)N)C(=O)O. The van der Waals surface area contributed by atoms with E-state index in [2.05, 4.69) is 30.9 Å². The van der Waals surface area contributed by atoms with Crippen LogP contribution in [0.2, 0.25) is 0 Å². The lowest BCUT2D eigenvalue weighted by Gasteiger charge is -2.25. The molecule has 0 aromatic carbocycles. The zero-order chi connectivity index (χ0) is 28.7. The molecule has 5 atom stereocenters. The second-order valence-corrected chi connectivity index (χ2v) is 8.81. The Morgan fingerprint density at radius 3 is 2.24 bits per heavy atom. The van der Waals surface area contributed by atoms with E-state index in [4.69, 9.17) is 22.9 Å². The number of hydrogen-bond donors (Lipinski definition) is 10. The third-order valence-electron chi connectivity index (χ3n) is 5.54. The second kappa shape index (κ2) is 16.9. The number of aromatic nitrogens is 2. The first kappa shape index (κ1) is 32.3. The fourth-order valence-corrected chi connectivity index (χ4v) is 3.43. The van der Waals surface area contributed by atoms with E-state index in [1.165, 1.54) is 19.4 Å². The van der Waals surface area contributed by atoms with Crippen LogP contribution in [0.25, 0.3) is 0 Å². The highest BCUT2D eigenvalue weighted by atomic mass is 16.4. The maximum Gasteiger partial charge on any atom is 0.328 e. The van der Waals surface area contributed by atoms with Crippen LogP contribution in [0.15, 0.2) is 17.5 Å². The first-order valence-corrected chi connectivity index (χ1v) is 12.3. The summed E-state index contributed by atoms with van der Waals surface area (Å²) in [4.78, 5) is 60.8. The van der Waals surface area contributed by atoms with E-state index in [9.17, 15) is 29.4 Å². The van der Waals surface area contributed by atoms with Gasteiger partial charge in [0, 0.05) is 24.9 Å². The number of aromatic amines is 1. The molecule has 1 aromatic heterocycles. The molecule has 0 saturated heterocycles. The zero-order valence-electron chi connectivity index (χ0n) is 21.4. The van der Waals surface area contributed by atoms with Crippen molar-refractivity contribution in [3.05, 3.63) is 18.2 Å². The number of carbonyl (C=O) groups excluding carboxylic acids is 3. The van der Waals surface area contributed by atoms with Gasteiger partial charge in [0.2, 0.25) is 17.7 Å². The number of guanidine groups is 1. The van der Waals surface area contributed by atoms with Gasteiger partial charge in [-0.3, -0.25) is 19.4 Å². The lowest BCUT2D eigenvalue weighted by molar-refractivity contribution is -0.145. The summed E-state index contributed by atoms with van der Waals surface area (Å²) in [7, 11) is 0. The Hall–Kier alpha value is -3.76. The number of imidazole rings is 1. The van der Waals surface area contributed by atoms with E-state index in [1.54, 1.807) is 0 Å². The fourth-order valence-electron chi connectivity index (χ4n) is 3.43. The maximum absolute atomic E-state index is 13.2. The van der Waals surface area contributed by atoms with Crippen LogP contribution < -0.4 is 38.9 Å². The summed E-state index contributed by atoms with van der Waals surface area (Å²) in [5, 5.41) is 26.4. The molecule has 3 amide bonds. The van der Waals surface area contributed by atoms with Crippen molar-refractivity contribution in [3.63, 3.8) is 0 Å². The molecule has 0 saturated carbocycles. The third kappa shape index (κ3) is 12.0. The molecule has 214 valence electrons. The molecule has 0 aliphatic carbocycles. The Kier molecular flexibility index (Phi) is 14.3. The number of unbranched alkanes of at least 4 members (excludes halogenated alkanes) is 1. The van der Waals surface area contributed by atoms with E-state index in [0.717, 1.165) is 0 Å². The van der Waals surface area contributed by atoms with Gasteiger partial charge in [-0.15, -0.1) is 0 Å². The Morgan fingerprint density at radius 2 is 1.68 bits per heavy atom. The number of aliphatic carboxylic acids is 1. The van der Waals surface area contributed by atoms with Crippen molar-refractivity contribution in [3.8, 4) is 0 Å². The Bertz CT molecular complexity index is 920. The van der Waals surface area contributed by atoms with Crippen LogP contribution in [0.4, 0.5) is 0 Å². The average Bonchev–Trinajstić information content (AvgIpc) is 3.36. The van der Waals surface area contributed by atoms with E-state index in [1.807, 2.05) is 0 Å². The Morgan fingerprint density at radius 1 is 1.03 bits per heavy atom. The number of amides is 3. The van der Waals surface area contributed by atoms with E-state index >= 15 is 0 Å². The molecule has 0 aliphatic rings. The van der Waals surface area contributed by atoms with Crippen molar-refractivity contribution in [1.82, 2.24) is 25.9 Å². The van der Waals surface area contributed by atoms with Gasteiger partial charge in [-0.2, -0.15) is 0 Å². The summed E-state index contributed by atoms with van der Waals surface area (Å²) >= 11 is 0. The molecule has 38 heavy (non-hydrogen) atoms. The molecule has 0 bridgehead atoms. The minimum Gasteiger partial charge on any atom is -0.480 e. The highest BCUT2D eigenvalue weighted by Gasteiger charge is 2.32. The lowest BCUT2D eigenvalue weighted by Crippen LogP contribution is -2.58. The molecule has 0 fully saturated rings. The predicted octanol–water partition coefficient (Wildman–Crippen LogP) is -3.62. The highest BCUT2D eigenvalue weighted by molar-refractivity contribution is 5.94. The minimum absolute atomic E-state index is 0.0147. The van der Waals surface area contributed by atoms with Crippen molar-refractivity contribution >= 4 is 29.7 Å². The molecule has 5 unspecified atom stereocenters. The summed E-state index contributed by atoms with van der Waals surface area (Å²) in [5.74, 6) is -3.60. The Balaban J connectivity index is 3.00. The van der Waals surface area contributed by atoms with Crippen LogP contribution >= 0.6 is 0 Å². The van der Waals surface area contributed by atoms with Gasteiger partial charge in [0.25, 0.3) is 0 Å². The van der Waals surface area contributed by atoms with Crippen LogP contribution in [0.1, 0.15) is 44.7 Å². The van der Waals surface area contributed by atoms with Crippen molar-refractivity contribution in [2.24, 2.45) is 27.9 Å². The monoisotopic (exact) mass is 540 g/mol. The molecule has 1 heterocycles. The smallest absolute Gasteiger partial charge is 0.328 e.